The highest BCUT2D eigenvalue weighted by Crippen LogP contribution is 2.26. The Morgan fingerprint density at radius 3 is 2.54 bits per heavy atom. The summed E-state index contributed by atoms with van der Waals surface area (Å²) >= 11 is 0. The normalized spacial score (nSPS) is 14.0. The van der Waals surface area contributed by atoms with E-state index >= 15 is 0 Å². The monoisotopic (exact) mass is 479 g/mol. The molecule has 0 atom stereocenters. The van der Waals surface area contributed by atoms with Crippen LogP contribution in [-0.2, 0) is 6.42 Å². The van der Waals surface area contributed by atoms with Gasteiger partial charge in [0.05, 0.1) is 0 Å². The molecule has 6 rings (SSSR count). The van der Waals surface area contributed by atoms with E-state index in [1.807, 2.05) is 0 Å². The second-order valence-electron chi connectivity index (χ2n) is 7.61. The van der Waals surface area contributed by atoms with Crippen molar-refractivity contribution in [1.29, 1.82) is 0 Å². The molecule has 2 aromatic carbocycles. The van der Waals surface area contributed by atoms with Gasteiger partial charge in [-0.05, 0) is 66.9 Å². The van der Waals surface area contributed by atoms with Crippen LogP contribution < -0.4 is 33.3 Å². The Kier molecular flexibility index (Phi) is 4.19. The van der Waals surface area contributed by atoms with E-state index in [0.29, 0.717) is 0 Å². The number of rotatable bonds is 2. The van der Waals surface area contributed by atoms with Crippen LogP contribution in [0.1, 0.15) is 18.9 Å². The van der Waals surface area contributed by atoms with E-state index in [2.05, 4.69) is 87.5 Å². The minimum absolute atomic E-state index is 0. The first kappa shape index (κ1) is 17.7. The molecule has 4 heterocycles. The van der Waals surface area contributed by atoms with Crippen LogP contribution in [0, 0.1) is 0 Å². The molecule has 0 bridgehead atoms. The van der Waals surface area contributed by atoms with Gasteiger partial charge in [-0.1, -0.05) is 13.0 Å². The van der Waals surface area contributed by atoms with Gasteiger partial charge in [0.1, 0.15) is 17.2 Å². The van der Waals surface area contributed by atoms with Crippen molar-refractivity contribution < 1.29 is 28.4 Å². The Labute approximate surface area is 181 Å². The molecule has 3 aromatic heterocycles. The van der Waals surface area contributed by atoms with E-state index in [-0.39, 0.29) is 24.0 Å². The van der Waals surface area contributed by atoms with Crippen molar-refractivity contribution in [3.8, 4) is 0 Å². The molecule has 1 saturated heterocycles. The Hall–Kier alpha value is -2.34. The zero-order chi connectivity index (χ0) is 18.0. The van der Waals surface area contributed by atoms with Crippen molar-refractivity contribution in [3.63, 3.8) is 0 Å². The van der Waals surface area contributed by atoms with Crippen molar-refractivity contribution in [2.75, 3.05) is 18.0 Å². The highest BCUT2D eigenvalue weighted by molar-refractivity contribution is 5.87. The number of hydrogen-bond donors (Lipinski definition) is 0. The Bertz CT molecular complexity index is 1350. The number of benzene rings is 2. The van der Waals surface area contributed by atoms with E-state index < -0.39 is 0 Å². The smallest absolute Gasteiger partial charge is 0.292 e. The topological polar surface area (TPSA) is 11.8 Å². The van der Waals surface area contributed by atoms with Crippen molar-refractivity contribution in [1.82, 2.24) is 4.40 Å². The van der Waals surface area contributed by atoms with Gasteiger partial charge in [0.2, 0.25) is 0 Å². The first-order chi connectivity index (χ1) is 13.3. The largest absolute Gasteiger partial charge is 1.00 e. The van der Waals surface area contributed by atoms with E-state index in [1.54, 1.807) is 0 Å². The predicted octanol–water partition coefficient (Wildman–Crippen LogP) is 1.76. The average molecular weight is 479 g/mol. The van der Waals surface area contributed by atoms with E-state index in [1.165, 1.54) is 63.7 Å². The van der Waals surface area contributed by atoms with Crippen LogP contribution in [0.3, 0.4) is 0 Å². The van der Waals surface area contributed by atoms with Crippen LogP contribution in [0.4, 0.5) is 5.69 Å². The Morgan fingerprint density at radius 2 is 1.75 bits per heavy atom. The van der Waals surface area contributed by atoms with Crippen LogP contribution in [0.2, 0.25) is 0 Å². The second-order valence-corrected chi connectivity index (χ2v) is 7.61. The number of hydrogen-bond acceptors (Lipinski definition) is 1. The lowest BCUT2D eigenvalue weighted by atomic mass is 10.1. The van der Waals surface area contributed by atoms with Crippen molar-refractivity contribution in [2.24, 2.45) is 0 Å². The lowest BCUT2D eigenvalue weighted by Gasteiger charge is -2.33. The third-order valence-electron chi connectivity index (χ3n) is 6.07. The SMILES string of the molecule is CCc1ccc2c(ccc3c[n+]4c5ccc(N6CCC6)cc5ccc4n32)c1.[I-]. The van der Waals surface area contributed by atoms with Gasteiger partial charge in [0.15, 0.2) is 5.52 Å². The van der Waals surface area contributed by atoms with Crippen molar-refractivity contribution >= 4 is 38.7 Å². The van der Waals surface area contributed by atoms with E-state index in [0.717, 1.165) is 6.42 Å². The summed E-state index contributed by atoms with van der Waals surface area (Å²) in [5.74, 6) is 0. The van der Waals surface area contributed by atoms with Crippen LogP contribution in [-0.4, -0.2) is 17.5 Å². The molecule has 0 amide bonds. The molecule has 1 aliphatic heterocycles. The molecule has 0 aliphatic carbocycles. The number of halogens is 1. The number of aryl methyl sites for hydroxylation is 1. The summed E-state index contributed by atoms with van der Waals surface area (Å²) in [6.07, 6.45) is 4.64. The average Bonchev–Trinajstić information content (AvgIpc) is 3.05. The molecule has 28 heavy (non-hydrogen) atoms. The van der Waals surface area contributed by atoms with E-state index in [9.17, 15) is 0 Å². The van der Waals surface area contributed by atoms with E-state index in [4.69, 9.17) is 0 Å². The predicted molar refractivity (Wildman–Crippen MR) is 112 cm³/mol. The number of aromatic nitrogens is 2. The molecule has 0 spiro atoms. The standard InChI is InChI=1S/C24H22N3.HI/c1-2-17-4-9-23-18(14-17)5-7-21-16-26-22-10-8-20(25-12-3-13-25)15-19(22)6-11-24(26)27(21)23;/h4-11,14-16H,2-3,12-13H2,1H3;1H/q+1;/p-1. The second kappa shape index (κ2) is 6.62. The number of anilines is 1. The summed E-state index contributed by atoms with van der Waals surface area (Å²) in [7, 11) is 0. The fourth-order valence-corrected chi connectivity index (χ4v) is 4.39. The van der Waals surface area contributed by atoms with Gasteiger partial charge in [0.25, 0.3) is 5.65 Å². The molecule has 5 aromatic rings. The number of imidazole rings is 1. The third-order valence-corrected chi connectivity index (χ3v) is 6.07. The summed E-state index contributed by atoms with van der Waals surface area (Å²) in [6, 6.07) is 22.7. The van der Waals surface area contributed by atoms with Crippen molar-refractivity contribution in [2.45, 2.75) is 19.8 Å². The summed E-state index contributed by atoms with van der Waals surface area (Å²) in [4.78, 5) is 2.45. The summed E-state index contributed by atoms with van der Waals surface area (Å²) in [5.41, 5.74) is 7.70. The maximum absolute atomic E-state index is 2.45. The number of nitrogens with zero attached hydrogens (tertiary/aromatic N) is 3. The van der Waals surface area contributed by atoms with Crippen LogP contribution in [0.15, 0.2) is 66.9 Å². The number of fused-ring (bicyclic) bond motifs is 7. The minimum atomic E-state index is 0. The fourth-order valence-electron chi connectivity index (χ4n) is 4.39. The molecule has 1 fully saturated rings. The van der Waals surface area contributed by atoms with Crippen LogP contribution in [0.5, 0.6) is 0 Å². The molecule has 0 N–H and O–H groups in total. The quantitative estimate of drug-likeness (QED) is 0.278. The molecule has 0 saturated carbocycles. The highest BCUT2D eigenvalue weighted by atomic mass is 127. The van der Waals surface area contributed by atoms with Gasteiger partial charge in [-0.2, -0.15) is 8.80 Å². The molecular formula is C24H22IN3. The summed E-state index contributed by atoms with van der Waals surface area (Å²) in [6.45, 7) is 4.58. The third kappa shape index (κ3) is 2.50. The van der Waals surface area contributed by atoms with Gasteiger partial charge >= 0.3 is 0 Å². The molecule has 0 radical (unpaired) electrons. The van der Waals surface area contributed by atoms with Gasteiger partial charge in [-0.3, -0.25) is 0 Å². The molecule has 4 heteroatoms. The lowest BCUT2D eigenvalue weighted by Crippen LogP contribution is -3.00. The zero-order valence-corrected chi connectivity index (χ0v) is 18.1. The first-order valence-corrected chi connectivity index (χ1v) is 9.88. The molecule has 1 aliphatic rings. The van der Waals surface area contributed by atoms with Gasteiger partial charge in [0, 0.05) is 35.6 Å². The molecule has 3 nitrogen and oxygen atoms in total. The minimum Gasteiger partial charge on any atom is -1.00 e. The summed E-state index contributed by atoms with van der Waals surface area (Å²) in [5, 5.41) is 2.60. The fraction of sp³-hybridized carbons (Fsp3) is 0.208. The summed E-state index contributed by atoms with van der Waals surface area (Å²) < 4.78 is 4.70. The van der Waals surface area contributed by atoms with Crippen molar-refractivity contribution in [3.05, 3.63) is 72.4 Å². The first-order valence-electron chi connectivity index (χ1n) is 9.88. The lowest BCUT2D eigenvalue weighted by molar-refractivity contribution is -0.479. The maximum Gasteiger partial charge on any atom is 0.292 e. The Balaban J connectivity index is 0.00000171. The van der Waals surface area contributed by atoms with Crippen LogP contribution in [0.25, 0.3) is 33.0 Å². The van der Waals surface area contributed by atoms with Gasteiger partial charge < -0.3 is 28.9 Å². The van der Waals surface area contributed by atoms with Crippen LogP contribution >= 0.6 is 0 Å². The Morgan fingerprint density at radius 1 is 0.893 bits per heavy atom. The number of pyridine rings is 2. The molecule has 140 valence electrons. The highest BCUT2D eigenvalue weighted by Gasteiger charge is 2.19. The molecule has 0 unspecified atom stereocenters. The zero-order valence-electron chi connectivity index (χ0n) is 15.9. The van der Waals surface area contributed by atoms with Gasteiger partial charge in [-0.25, -0.2) is 0 Å². The van der Waals surface area contributed by atoms with Gasteiger partial charge in [-0.15, -0.1) is 0 Å². The maximum atomic E-state index is 2.45. The molecular weight excluding hydrogens is 457 g/mol.